The van der Waals surface area contributed by atoms with Gasteiger partial charge in [0, 0.05) is 15.7 Å². The maximum absolute atomic E-state index is 5.48. The molecule has 3 rings (SSSR count). The highest BCUT2D eigenvalue weighted by Gasteiger charge is 2.06. The lowest BCUT2D eigenvalue weighted by atomic mass is 10.2. The summed E-state index contributed by atoms with van der Waals surface area (Å²) in [6.45, 7) is 0. The number of imidazole rings is 1. The van der Waals surface area contributed by atoms with Crippen LogP contribution in [0, 0.1) is 0 Å². The smallest absolute Gasteiger partial charge is 0.168 e. The SMILES string of the molecule is NC(=S)Nc1cccc(-c2nc3ccc(Br)cc3[nH]2)c1. The third kappa shape index (κ3) is 2.66. The van der Waals surface area contributed by atoms with Crippen LogP contribution in [0.3, 0.4) is 0 Å². The van der Waals surface area contributed by atoms with Crippen LogP contribution in [0.1, 0.15) is 0 Å². The van der Waals surface area contributed by atoms with Gasteiger partial charge in [-0.05, 0) is 42.5 Å². The molecule has 1 heterocycles. The number of hydrogen-bond donors (Lipinski definition) is 3. The summed E-state index contributed by atoms with van der Waals surface area (Å²) in [7, 11) is 0. The first kappa shape index (κ1) is 13.1. The number of anilines is 1. The Morgan fingerprint density at radius 1 is 1.25 bits per heavy atom. The highest BCUT2D eigenvalue weighted by Crippen LogP contribution is 2.24. The molecule has 1 aromatic heterocycles. The molecule has 6 heteroatoms. The van der Waals surface area contributed by atoms with Crippen molar-refractivity contribution >= 4 is 50.0 Å². The number of aromatic amines is 1. The maximum atomic E-state index is 5.48. The molecule has 4 nitrogen and oxygen atoms in total. The molecule has 20 heavy (non-hydrogen) atoms. The first-order valence-electron chi connectivity index (χ1n) is 5.94. The molecule has 0 fully saturated rings. The van der Waals surface area contributed by atoms with Crippen molar-refractivity contribution < 1.29 is 0 Å². The van der Waals surface area contributed by atoms with E-state index in [1.807, 2.05) is 42.5 Å². The van der Waals surface area contributed by atoms with E-state index >= 15 is 0 Å². The van der Waals surface area contributed by atoms with E-state index in [2.05, 4.69) is 31.2 Å². The second-order valence-corrected chi connectivity index (χ2v) is 5.67. The zero-order chi connectivity index (χ0) is 14.1. The topological polar surface area (TPSA) is 66.7 Å². The lowest BCUT2D eigenvalue weighted by Gasteiger charge is -2.04. The number of fused-ring (bicyclic) bond motifs is 1. The van der Waals surface area contributed by atoms with Gasteiger partial charge in [-0.15, -0.1) is 0 Å². The van der Waals surface area contributed by atoms with Gasteiger partial charge in [0.25, 0.3) is 0 Å². The molecule has 0 aliphatic heterocycles. The maximum Gasteiger partial charge on any atom is 0.168 e. The Morgan fingerprint density at radius 2 is 2.10 bits per heavy atom. The summed E-state index contributed by atoms with van der Waals surface area (Å²) in [6.07, 6.45) is 0. The molecule has 3 aromatic rings. The summed E-state index contributed by atoms with van der Waals surface area (Å²) in [6, 6.07) is 13.7. The average molecular weight is 347 g/mol. The lowest BCUT2D eigenvalue weighted by molar-refractivity contribution is 1.34. The van der Waals surface area contributed by atoms with Crippen molar-refractivity contribution in [3.05, 3.63) is 46.9 Å². The minimum absolute atomic E-state index is 0.246. The molecule has 0 amide bonds. The molecule has 0 unspecified atom stereocenters. The van der Waals surface area contributed by atoms with E-state index in [0.717, 1.165) is 32.6 Å². The third-order valence-corrected chi connectivity index (χ3v) is 3.44. The number of benzene rings is 2. The monoisotopic (exact) mass is 346 g/mol. The molecule has 100 valence electrons. The van der Waals surface area contributed by atoms with Crippen LogP contribution in [0.15, 0.2) is 46.9 Å². The van der Waals surface area contributed by atoms with Crippen molar-refractivity contribution in [1.29, 1.82) is 0 Å². The molecule has 0 spiro atoms. The third-order valence-electron chi connectivity index (χ3n) is 2.85. The van der Waals surface area contributed by atoms with Gasteiger partial charge in [0.2, 0.25) is 0 Å². The number of nitrogens with one attached hydrogen (secondary N) is 2. The van der Waals surface area contributed by atoms with Gasteiger partial charge in [-0.2, -0.15) is 0 Å². The van der Waals surface area contributed by atoms with Crippen LogP contribution < -0.4 is 11.1 Å². The number of hydrogen-bond acceptors (Lipinski definition) is 2. The average Bonchev–Trinajstić information content (AvgIpc) is 2.81. The van der Waals surface area contributed by atoms with Gasteiger partial charge in [-0.3, -0.25) is 0 Å². The highest BCUT2D eigenvalue weighted by atomic mass is 79.9. The van der Waals surface area contributed by atoms with Crippen LogP contribution in [-0.2, 0) is 0 Å². The molecule has 2 aromatic carbocycles. The summed E-state index contributed by atoms with van der Waals surface area (Å²) < 4.78 is 1.02. The summed E-state index contributed by atoms with van der Waals surface area (Å²) in [5.74, 6) is 0.810. The molecule has 0 aliphatic rings. The van der Waals surface area contributed by atoms with Crippen molar-refractivity contribution in [3.8, 4) is 11.4 Å². The Bertz CT molecular complexity index is 797. The van der Waals surface area contributed by atoms with Crippen LogP contribution in [0.2, 0.25) is 0 Å². The van der Waals surface area contributed by atoms with Crippen LogP contribution in [0.5, 0.6) is 0 Å². The van der Waals surface area contributed by atoms with Crippen molar-refractivity contribution in [2.45, 2.75) is 0 Å². The van der Waals surface area contributed by atoms with Crippen LogP contribution in [0.4, 0.5) is 5.69 Å². The molecule has 0 saturated carbocycles. The fourth-order valence-electron chi connectivity index (χ4n) is 2.01. The minimum atomic E-state index is 0.246. The summed E-state index contributed by atoms with van der Waals surface area (Å²) in [4.78, 5) is 7.88. The van der Waals surface area contributed by atoms with Gasteiger partial charge in [0.15, 0.2) is 5.11 Å². The molecule has 0 saturated heterocycles. The normalized spacial score (nSPS) is 10.7. The number of H-pyrrole nitrogens is 1. The van der Waals surface area contributed by atoms with Crippen LogP contribution in [-0.4, -0.2) is 15.1 Å². The van der Waals surface area contributed by atoms with Crippen LogP contribution >= 0.6 is 28.1 Å². The Kier molecular flexibility index (Phi) is 3.42. The quantitative estimate of drug-likeness (QED) is 0.619. The second-order valence-electron chi connectivity index (χ2n) is 4.32. The summed E-state index contributed by atoms with van der Waals surface area (Å²) in [5.41, 5.74) is 9.21. The van der Waals surface area contributed by atoms with Gasteiger partial charge in [-0.25, -0.2) is 4.98 Å². The fourth-order valence-corrected chi connectivity index (χ4v) is 2.48. The number of nitrogens with two attached hydrogens (primary N) is 1. The Morgan fingerprint density at radius 3 is 2.90 bits per heavy atom. The lowest BCUT2D eigenvalue weighted by Crippen LogP contribution is -2.18. The molecular formula is C14H11BrN4S. The first-order chi connectivity index (χ1) is 9.61. The van der Waals surface area contributed by atoms with Gasteiger partial charge < -0.3 is 16.0 Å². The highest BCUT2D eigenvalue weighted by molar-refractivity contribution is 9.10. The Labute approximate surface area is 129 Å². The van der Waals surface area contributed by atoms with E-state index in [-0.39, 0.29) is 5.11 Å². The molecule has 0 aliphatic carbocycles. The second kappa shape index (κ2) is 5.22. The minimum Gasteiger partial charge on any atom is -0.376 e. The Hall–Kier alpha value is -1.92. The van der Waals surface area contributed by atoms with E-state index in [9.17, 15) is 0 Å². The Balaban J connectivity index is 2.03. The summed E-state index contributed by atoms with van der Waals surface area (Å²) in [5, 5.41) is 3.16. The molecule has 4 N–H and O–H groups in total. The molecule has 0 bridgehead atoms. The number of nitrogens with zero attached hydrogens (tertiary/aromatic N) is 1. The van der Waals surface area contributed by atoms with Crippen molar-refractivity contribution in [2.24, 2.45) is 5.73 Å². The number of thiocarbonyl (C=S) groups is 1. The fraction of sp³-hybridized carbons (Fsp3) is 0. The zero-order valence-corrected chi connectivity index (χ0v) is 12.8. The van der Waals surface area contributed by atoms with E-state index < -0.39 is 0 Å². The van der Waals surface area contributed by atoms with E-state index in [1.165, 1.54) is 0 Å². The van der Waals surface area contributed by atoms with Gasteiger partial charge in [0.1, 0.15) is 5.82 Å². The largest absolute Gasteiger partial charge is 0.376 e. The van der Waals surface area contributed by atoms with E-state index in [0.29, 0.717) is 0 Å². The van der Waals surface area contributed by atoms with Crippen molar-refractivity contribution in [2.75, 3.05) is 5.32 Å². The molecular weight excluding hydrogens is 336 g/mol. The van der Waals surface area contributed by atoms with Gasteiger partial charge in [0.05, 0.1) is 11.0 Å². The standard InChI is InChI=1S/C14H11BrN4S/c15-9-4-5-11-12(7-9)19-13(18-11)8-2-1-3-10(6-8)17-14(16)20/h1-7H,(H,18,19)(H3,16,17,20). The zero-order valence-electron chi connectivity index (χ0n) is 10.4. The van der Waals surface area contributed by atoms with Crippen LogP contribution in [0.25, 0.3) is 22.4 Å². The number of rotatable bonds is 2. The molecule has 0 radical (unpaired) electrons. The molecule has 0 atom stereocenters. The number of aromatic nitrogens is 2. The number of halogens is 1. The van der Waals surface area contributed by atoms with Crippen molar-refractivity contribution in [3.63, 3.8) is 0 Å². The summed E-state index contributed by atoms with van der Waals surface area (Å²) >= 11 is 8.29. The van der Waals surface area contributed by atoms with Gasteiger partial charge >= 0.3 is 0 Å². The van der Waals surface area contributed by atoms with Gasteiger partial charge in [-0.1, -0.05) is 28.1 Å². The van der Waals surface area contributed by atoms with E-state index in [4.69, 9.17) is 18.0 Å². The predicted molar refractivity (Wildman–Crippen MR) is 89.6 cm³/mol. The predicted octanol–water partition coefficient (Wildman–Crippen LogP) is 3.65. The van der Waals surface area contributed by atoms with Crippen molar-refractivity contribution in [1.82, 2.24) is 9.97 Å². The van der Waals surface area contributed by atoms with E-state index in [1.54, 1.807) is 0 Å². The first-order valence-corrected chi connectivity index (χ1v) is 7.14.